The second-order valence-electron chi connectivity index (χ2n) is 6.17. The minimum Gasteiger partial charge on any atom is -0.392 e. The van der Waals surface area contributed by atoms with Gasteiger partial charge in [0.15, 0.2) is 0 Å². The summed E-state index contributed by atoms with van der Waals surface area (Å²) in [5, 5.41) is 9.69. The van der Waals surface area contributed by atoms with Crippen molar-refractivity contribution in [1.82, 2.24) is 9.21 Å². The van der Waals surface area contributed by atoms with Gasteiger partial charge in [0.1, 0.15) is 0 Å². The number of piperidine rings is 1. The summed E-state index contributed by atoms with van der Waals surface area (Å²) >= 11 is 0. The van der Waals surface area contributed by atoms with E-state index in [1.54, 1.807) is 4.31 Å². The Kier molecular flexibility index (Phi) is 6.22. The molecule has 0 aromatic heterocycles. The molecular formula is C15H28N2O3S. The molecular weight excluding hydrogens is 288 g/mol. The molecule has 0 aliphatic carbocycles. The van der Waals surface area contributed by atoms with Crippen LogP contribution < -0.4 is 0 Å². The molecule has 1 unspecified atom stereocenters. The Bertz CT molecular complexity index is 424. The van der Waals surface area contributed by atoms with Crippen LogP contribution in [0.15, 0.2) is 12.7 Å². The van der Waals surface area contributed by atoms with E-state index in [1.165, 1.54) is 0 Å². The summed E-state index contributed by atoms with van der Waals surface area (Å²) in [6.45, 7) is 7.23. The number of hydrogen-bond acceptors (Lipinski definition) is 4. The van der Waals surface area contributed by atoms with Crippen LogP contribution in [0.5, 0.6) is 0 Å². The molecule has 2 saturated heterocycles. The van der Waals surface area contributed by atoms with Crippen LogP contribution in [-0.4, -0.2) is 66.8 Å². The zero-order valence-electron chi connectivity index (χ0n) is 12.8. The van der Waals surface area contributed by atoms with Gasteiger partial charge < -0.3 is 10.0 Å². The minimum absolute atomic E-state index is 0.225. The van der Waals surface area contributed by atoms with Crippen molar-refractivity contribution >= 4 is 10.0 Å². The Labute approximate surface area is 128 Å². The number of sulfonamides is 1. The summed E-state index contributed by atoms with van der Waals surface area (Å²) in [5.74, 6) is 0. The van der Waals surface area contributed by atoms with E-state index in [-0.39, 0.29) is 11.4 Å². The molecule has 1 atom stereocenters. The van der Waals surface area contributed by atoms with Gasteiger partial charge in [-0.25, -0.2) is 12.7 Å². The smallest absolute Gasteiger partial charge is 0.217 e. The van der Waals surface area contributed by atoms with E-state index in [1.807, 2.05) is 6.08 Å². The molecule has 21 heavy (non-hydrogen) atoms. The number of hydrogen-bond donors (Lipinski definition) is 1. The standard InChI is InChI=1S/C15H28N2O3S/c1-2-3-6-14(18)13-16-11-7-15(8-12-16)21(19,20)17-9-4-5-10-17/h2,14-15,18H,1,3-13H2. The normalized spacial score (nSPS) is 24.2. The first kappa shape index (κ1) is 16.9. The molecule has 0 aromatic rings. The number of likely N-dealkylation sites (tertiary alicyclic amines) is 1. The van der Waals surface area contributed by atoms with Crippen LogP contribution in [0, 0.1) is 0 Å². The number of nitrogens with zero attached hydrogens (tertiary/aromatic N) is 2. The maximum absolute atomic E-state index is 12.5. The van der Waals surface area contributed by atoms with Gasteiger partial charge in [-0.15, -0.1) is 6.58 Å². The van der Waals surface area contributed by atoms with E-state index in [9.17, 15) is 13.5 Å². The van der Waals surface area contributed by atoms with E-state index in [0.29, 0.717) is 32.5 Å². The first-order valence-corrected chi connectivity index (χ1v) is 9.54. The largest absolute Gasteiger partial charge is 0.392 e. The minimum atomic E-state index is -3.10. The summed E-state index contributed by atoms with van der Waals surface area (Å²) in [4.78, 5) is 2.18. The van der Waals surface area contributed by atoms with Gasteiger partial charge in [0.05, 0.1) is 11.4 Å². The molecule has 2 aliphatic rings. The zero-order chi connectivity index (χ0) is 15.3. The molecule has 2 rings (SSSR count). The van der Waals surface area contributed by atoms with Crippen molar-refractivity contribution < 1.29 is 13.5 Å². The maximum Gasteiger partial charge on any atom is 0.217 e. The summed E-state index contributed by atoms with van der Waals surface area (Å²) in [5.41, 5.74) is 0. The SMILES string of the molecule is C=CCCC(O)CN1CCC(S(=O)(=O)N2CCCC2)CC1. The van der Waals surface area contributed by atoms with Crippen LogP contribution in [0.25, 0.3) is 0 Å². The molecule has 6 heteroatoms. The quantitative estimate of drug-likeness (QED) is 0.717. The number of allylic oxidation sites excluding steroid dienone is 1. The van der Waals surface area contributed by atoms with Crippen LogP contribution in [-0.2, 0) is 10.0 Å². The van der Waals surface area contributed by atoms with Gasteiger partial charge in [-0.1, -0.05) is 6.08 Å². The van der Waals surface area contributed by atoms with Crippen molar-refractivity contribution in [2.45, 2.75) is 49.9 Å². The molecule has 0 bridgehead atoms. The molecule has 0 aromatic carbocycles. The molecule has 0 amide bonds. The second kappa shape index (κ2) is 7.72. The second-order valence-corrected chi connectivity index (χ2v) is 8.38. The van der Waals surface area contributed by atoms with Gasteiger partial charge >= 0.3 is 0 Å². The lowest BCUT2D eigenvalue weighted by atomic mass is 10.1. The summed E-state index contributed by atoms with van der Waals surface area (Å²) in [6, 6.07) is 0. The van der Waals surface area contributed by atoms with E-state index in [0.717, 1.165) is 38.8 Å². The van der Waals surface area contributed by atoms with E-state index >= 15 is 0 Å². The van der Waals surface area contributed by atoms with Crippen LogP contribution in [0.3, 0.4) is 0 Å². The Hall–Kier alpha value is -0.430. The third-order valence-corrected chi connectivity index (χ3v) is 6.95. The van der Waals surface area contributed by atoms with Crippen LogP contribution >= 0.6 is 0 Å². The highest BCUT2D eigenvalue weighted by atomic mass is 32.2. The lowest BCUT2D eigenvalue weighted by molar-refractivity contribution is 0.0957. The fraction of sp³-hybridized carbons (Fsp3) is 0.867. The number of aliphatic hydroxyl groups is 1. The molecule has 2 heterocycles. The molecule has 5 nitrogen and oxygen atoms in total. The summed E-state index contributed by atoms with van der Waals surface area (Å²) in [6.07, 6.45) is 6.39. The van der Waals surface area contributed by atoms with Crippen molar-refractivity contribution in [2.75, 3.05) is 32.7 Å². The number of aliphatic hydroxyl groups excluding tert-OH is 1. The molecule has 2 fully saturated rings. The van der Waals surface area contributed by atoms with Gasteiger partial charge in [-0.3, -0.25) is 0 Å². The van der Waals surface area contributed by atoms with Gasteiger partial charge in [-0.2, -0.15) is 0 Å². The van der Waals surface area contributed by atoms with Crippen molar-refractivity contribution in [3.05, 3.63) is 12.7 Å². The van der Waals surface area contributed by atoms with Gasteiger partial charge in [-0.05, 0) is 51.6 Å². The van der Waals surface area contributed by atoms with Crippen molar-refractivity contribution in [3.63, 3.8) is 0 Å². The van der Waals surface area contributed by atoms with Crippen molar-refractivity contribution in [2.24, 2.45) is 0 Å². The fourth-order valence-corrected chi connectivity index (χ4v) is 5.24. The number of β-amino-alcohol motifs (C(OH)–C–C–N with tert-alkyl or cyclic N) is 1. The van der Waals surface area contributed by atoms with E-state index < -0.39 is 10.0 Å². The maximum atomic E-state index is 12.5. The Balaban J connectivity index is 1.78. The zero-order valence-corrected chi connectivity index (χ0v) is 13.6. The molecule has 0 spiro atoms. The lowest BCUT2D eigenvalue weighted by Gasteiger charge is -2.34. The third kappa shape index (κ3) is 4.52. The van der Waals surface area contributed by atoms with Crippen LogP contribution in [0.2, 0.25) is 0 Å². The van der Waals surface area contributed by atoms with E-state index in [2.05, 4.69) is 11.5 Å². The first-order chi connectivity index (χ1) is 10.0. The molecule has 1 N–H and O–H groups in total. The average Bonchev–Trinajstić information content (AvgIpc) is 3.00. The van der Waals surface area contributed by atoms with Crippen LogP contribution in [0.4, 0.5) is 0 Å². The molecule has 2 aliphatic heterocycles. The molecule has 122 valence electrons. The Morgan fingerprint density at radius 1 is 1.19 bits per heavy atom. The predicted octanol–water partition coefficient (Wildman–Crippen LogP) is 1.20. The topological polar surface area (TPSA) is 60.9 Å². The van der Waals surface area contributed by atoms with Gasteiger partial charge in [0.25, 0.3) is 0 Å². The predicted molar refractivity (Wildman–Crippen MR) is 84.6 cm³/mol. The Morgan fingerprint density at radius 3 is 2.38 bits per heavy atom. The average molecular weight is 316 g/mol. The highest BCUT2D eigenvalue weighted by Crippen LogP contribution is 2.24. The van der Waals surface area contributed by atoms with Gasteiger partial charge in [0, 0.05) is 19.6 Å². The molecule has 0 saturated carbocycles. The van der Waals surface area contributed by atoms with Gasteiger partial charge in [0.2, 0.25) is 10.0 Å². The van der Waals surface area contributed by atoms with Crippen LogP contribution in [0.1, 0.15) is 38.5 Å². The van der Waals surface area contributed by atoms with Crippen molar-refractivity contribution in [3.8, 4) is 0 Å². The third-order valence-electron chi connectivity index (χ3n) is 4.55. The van der Waals surface area contributed by atoms with Crippen molar-refractivity contribution in [1.29, 1.82) is 0 Å². The monoisotopic (exact) mass is 316 g/mol. The summed E-state index contributed by atoms with van der Waals surface area (Å²) < 4.78 is 26.7. The molecule has 0 radical (unpaired) electrons. The lowest BCUT2D eigenvalue weighted by Crippen LogP contribution is -2.46. The first-order valence-electron chi connectivity index (χ1n) is 8.04. The number of rotatable bonds is 7. The fourth-order valence-electron chi connectivity index (χ4n) is 3.24. The Morgan fingerprint density at radius 2 is 1.81 bits per heavy atom. The highest BCUT2D eigenvalue weighted by Gasteiger charge is 2.35. The highest BCUT2D eigenvalue weighted by molar-refractivity contribution is 7.89. The summed E-state index contributed by atoms with van der Waals surface area (Å²) in [7, 11) is -3.10. The van der Waals surface area contributed by atoms with E-state index in [4.69, 9.17) is 0 Å².